The highest BCUT2D eigenvalue weighted by Gasteiger charge is 1.98. The molecule has 1 aromatic rings. The third kappa shape index (κ3) is 4.18. The molecular weight excluding hydrogens is 241 g/mol. The normalized spacial score (nSPS) is 10.5. The van der Waals surface area contributed by atoms with Gasteiger partial charge >= 0.3 is 5.97 Å². The quantitative estimate of drug-likeness (QED) is 0.657. The van der Waals surface area contributed by atoms with Crippen molar-refractivity contribution in [2.24, 2.45) is 5.16 Å². The number of hydrogen-bond acceptors (Lipinski definition) is 3. The molecule has 0 heterocycles. The second-order valence-electron chi connectivity index (χ2n) is 2.57. The number of halogens is 2. The number of carboxylic acid groups (broad SMARTS) is 1. The predicted molar refractivity (Wildman–Crippen MR) is 57.6 cm³/mol. The van der Waals surface area contributed by atoms with Gasteiger partial charge in [-0.25, -0.2) is 4.79 Å². The van der Waals surface area contributed by atoms with Crippen molar-refractivity contribution < 1.29 is 14.7 Å². The second kappa shape index (κ2) is 5.58. The van der Waals surface area contributed by atoms with Crippen LogP contribution in [0.2, 0.25) is 10.0 Å². The Morgan fingerprint density at radius 1 is 1.53 bits per heavy atom. The van der Waals surface area contributed by atoms with Gasteiger partial charge < -0.3 is 9.94 Å². The third-order valence-electron chi connectivity index (χ3n) is 1.42. The summed E-state index contributed by atoms with van der Waals surface area (Å²) in [4.78, 5) is 14.5. The van der Waals surface area contributed by atoms with Gasteiger partial charge in [0.15, 0.2) is 0 Å². The third-order valence-corrected chi connectivity index (χ3v) is 1.98. The molecular formula is C9H7Cl2NO3. The number of hydrogen-bond donors (Lipinski definition) is 1. The lowest BCUT2D eigenvalue weighted by atomic mass is 10.2. The van der Waals surface area contributed by atoms with Crippen molar-refractivity contribution in [1.82, 2.24) is 0 Å². The zero-order chi connectivity index (χ0) is 11.3. The molecule has 0 amide bonds. The van der Waals surface area contributed by atoms with Crippen LogP contribution in [-0.2, 0) is 9.63 Å². The van der Waals surface area contributed by atoms with Crippen LogP contribution < -0.4 is 0 Å². The Hall–Kier alpha value is -1.26. The average molecular weight is 248 g/mol. The molecule has 15 heavy (non-hydrogen) atoms. The summed E-state index contributed by atoms with van der Waals surface area (Å²) in [6.45, 7) is -0.484. The fourth-order valence-electron chi connectivity index (χ4n) is 0.793. The molecule has 0 radical (unpaired) electrons. The van der Waals surface area contributed by atoms with Crippen molar-refractivity contribution in [3.05, 3.63) is 33.8 Å². The molecule has 6 heteroatoms. The standard InChI is InChI=1S/C9H7Cl2NO3/c10-7-2-1-6(8(11)3-7)4-12-15-5-9(13)14/h1-4H,5H2,(H,13,14). The summed E-state index contributed by atoms with van der Waals surface area (Å²) in [7, 11) is 0. The van der Waals surface area contributed by atoms with Gasteiger partial charge in [0.25, 0.3) is 0 Å². The molecule has 0 aliphatic rings. The van der Waals surface area contributed by atoms with Crippen LogP contribution in [0.3, 0.4) is 0 Å². The van der Waals surface area contributed by atoms with Crippen LogP contribution in [0.15, 0.2) is 23.4 Å². The van der Waals surface area contributed by atoms with Gasteiger partial charge in [-0.3, -0.25) is 0 Å². The molecule has 0 saturated carbocycles. The minimum absolute atomic E-state index is 0.421. The molecule has 0 fully saturated rings. The molecule has 0 saturated heterocycles. The molecule has 1 rings (SSSR count). The Kier molecular flexibility index (Phi) is 4.39. The first-order chi connectivity index (χ1) is 7.09. The van der Waals surface area contributed by atoms with E-state index in [0.717, 1.165) is 0 Å². The minimum Gasteiger partial charge on any atom is -0.479 e. The van der Waals surface area contributed by atoms with E-state index in [1.165, 1.54) is 6.21 Å². The van der Waals surface area contributed by atoms with Crippen molar-refractivity contribution in [2.45, 2.75) is 0 Å². The largest absolute Gasteiger partial charge is 0.479 e. The smallest absolute Gasteiger partial charge is 0.344 e. The van der Waals surface area contributed by atoms with Crippen molar-refractivity contribution in [2.75, 3.05) is 6.61 Å². The molecule has 0 spiro atoms. The molecule has 0 aliphatic carbocycles. The van der Waals surface area contributed by atoms with Gasteiger partial charge in [0.05, 0.1) is 11.2 Å². The molecule has 0 aliphatic heterocycles. The maximum atomic E-state index is 10.1. The van der Waals surface area contributed by atoms with Crippen molar-refractivity contribution in [3.63, 3.8) is 0 Å². The molecule has 1 aromatic carbocycles. The van der Waals surface area contributed by atoms with Gasteiger partial charge in [-0.2, -0.15) is 0 Å². The highest BCUT2D eigenvalue weighted by atomic mass is 35.5. The average Bonchev–Trinajstić information content (AvgIpc) is 2.14. The van der Waals surface area contributed by atoms with E-state index in [-0.39, 0.29) is 0 Å². The lowest BCUT2D eigenvalue weighted by molar-refractivity contribution is -0.142. The maximum Gasteiger partial charge on any atom is 0.344 e. The van der Waals surface area contributed by atoms with E-state index in [4.69, 9.17) is 28.3 Å². The lowest BCUT2D eigenvalue weighted by Crippen LogP contribution is -2.03. The number of carbonyl (C=O) groups is 1. The highest BCUT2D eigenvalue weighted by molar-refractivity contribution is 6.36. The topological polar surface area (TPSA) is 58.9 Å². The summed E-state index contributed by atoms with van der Waals surface area (Å²) in [6.07, 6.45) is 1.32. The Balaban J connectivity index is 2.60. The van der Waals surface area contributed by atoms with E-state index in [1.54, 1.807) is 18.2 Å². The number of oxime groups is 1. The Morgan fingerprint density at radius 2 is 2.27 bits per heavy atom. The van der Waals surface area contributed by atoms with Gasteiger partial charge in [0, 0.05) is 10.6 Å². The van der Waals surface area contributed by atoms with Crippen LogP contribution in [-0.4, -0.2) is 23.9 Å². The Bertz CT molecular complexity index is 393. The van der Waals surface area contributed by atoms with E-state index in [9.17, 15) is 4.79 Å². The highest BCUT2D eigenvalue weighted by Crippen LogP contribution is 2.19. The van der Waals surface area contributed by atoms with Crippen LogP contribution >= 0.6 is 23.2 Å². The van der Waals surface area contributed by atoms with Gasteiger partial charge in [0.2, 0.25) is 6.61 Å². The van der Waals surface area contributed by atoms with E-state index in [0.29, 0.717) is 15.6 Å². The van der Waals surface area contributed by atoms with E-state index in [1.807, 2.05) is 0 Å². The molecule has 1 N–H and O–H groups in total. The maximum absolute atomic E-state index is 10.1. The first kappa shape index (κ1) is 11.8. The molecule has 80 valence electrons. The summed E-state index contributed by atoms with van der Waals surface area (Å²) < 4.78 is 0. The van der Waals surface area contributed by atoms with Crippen LogP contribution in [0.4, 0.5) is 0 Å². The van der Waals surface area contributed by atoms with Gasteiger partial charge in [-0.05, 0) is 12.1 Å². The SMILES string of the molecule is O=C(O)CON=Cc1ccc(Cl)cc1Cl. The first-order valence-corrected chi connectivity index (χ1v) is 4.67. The van der Waals surface area contributed by atoms with E-state index < -0.39 is 12.6 Å². The van der Waals surface area contributed by atoms with Crippen LogP contribution in [0, 0.1) is 0 Å². The summed E-state index contributed by atoms with van der Waals surface area (Å²) in [6, 6.07) is 4.85. The molecule has 0 bridgehead atoms. The molecule has 4 nitrogen and oxygen atoms in total. The first-order valence-electron chi connectivity index (χ1n) is 3.92. The van der Waals surface area contributed by atoms with E-state index in [2.05, 4.69) is 9.99 Å². The fraction of sp³-hybridized carbons (Fsp3) is 0.111. The number of rotatable bonds is 4. The van der Waals surface area contributed by atoms with Crippen LogP contribution in [0.5, 0.6) is 0 Å². The molecule has 0 unspecified atom stereocenters. The monoisotopic (exact) mass is 247 g/mol. The minimum atomic E-state index is -1.09. The van der Waals surface area contributed by atoms with Gasteiger partial charge in [-0.1, -0.05) is 34.4 Å². The van der Waals surface area contributed by atoms with Gasteiger partial charge in [0.1, 0.15) is 0 Å². The van der Waals surface area contributed by atoms with Crippen molar-refractivity contribution >= 4 is 35.4 Å². The zero-order valence-corrected chi connectivity index (χ0v) is 9.00. The Labute approximate surface area is 96.1 Å². The second-order valence-corrected chi connectivity index (χ2v) is 3.41. The number of benzene rings is 1. The van der Waals surface area contributed by atoms with Gasteiger partial charge in [-0.15, -0.1) is 0 Å². The molecule has 0 aromatic heterocycles. The number of aliphatic carboxylic acids is 1. The van der Waals surface area contributed by atoms with Crippen LogP contribution in [0.25, 0.3) is 0 Å². The molecule has 0 atom stereocenters. The van der Waals surface area contributed by atoms with E-state index >= 15 is 0 Å². The Morgan fingerprint density at radius 3 is 2.87 bits per heavy atom. The summed E-state index contributed by atoms with van der Waals surface area (Å²) in [5.74, 6) is -1.09. The number of nitrogens with zero attached hydrogens (tertiary/aromatic N) is 1. The lowest BCUT2D eigenvalue weighted by Gasteiger charge is -1.97. The zero-order valence-electron chi connectivity index (χ0n) is 7.48. The van der Waals surface area contributed by atoms with Crippen molar-refractivity contribution in [3.8, 4) is 0 Å². The summed E-state index contributed by atoms with van der Waals surface area (Å²) in [5, 5.41) is 12.6. The van der Waals surface area contributed by atoms with Crippen molar-refractivity contribution in [1.29, 1.82) is 0 Å². The number of carboxylic acids is 1. The summed E-state index contributed by atoms with van der Waals surface area (Å²) >= 11 is 11.5. The fourth-order valence-corrected chi connectivity index (χ4v) is 1.25. The summed E-state index contributed by atoms with van der Waals surface area (Å²) in [5.41, 5.74) is 0.603. The predicted octanol–water partition coefficient (Wildman–Crippen LogP) is 2.43. The van der Waals surface area contributed by atoms with Crippen LogP contribution in [0.1, 0.15) is 5.56 Å².